The largest absolute Gasteiger partial charge is 0.462 e. The maximum atomic E-state index is 12.8. The third-order valence-electron chi connectivity index (χ3n) is 14.7. The van der Waals surface area contributed by atoms with Crippen molar-refractivity contribution in [2.24, 2.45) is 46.3 Å². The zero-order valence-electron chi connectivity index (χ0n) is 33.7. The predicted octanol–water partition coefficient (Wildman–Crippen LogP) is 14.8. The van der Waals surface area contributed by atoms with Gasteiger partial charge in [-0.3, -0.25) is 4.79 Å². The average Bonchev–Trinajstić information content (AvgIpc) is 3.43. The second kappa shape index (κ2) is 20.9. The predicted molar refractivity (Wildman–Crippen MR) is 212 cm³/mol. The van der Waals surface area contributed by atoms with E-state index in [1.807, 2.05) is 0 Å². The van der Waals surface area contributed by atoms with E-state index in [1.54, 1.807) is 5.57 Å². The lowest BCUT2D eigenvalue weighted by Crippen LogP contribution is -2.51. The molecule has 0 aliphatic heterocycles. The smallest absolute Gasteiger partial charge is 0.306 e. The van der Waals surface area contributed by atoms with Crippen molar-refractivity contribution in [3.8, 4) is 0 Å². The molecular weight excluding hydrogens is 597 g/mol. The van der Waals surface area contributed by atoms with Crippen LogP contribution in [0, 0.1) is 46.3 Å². The maximum Gasteiger partial charge on any atom is 0.306 e. The van der Waals surface area contributed by atoms with Crippen LogP contribution in [0.4, 0.5) is 0 Å². The van der Waals surface area contributed by atoms with Crippen molar-refractivity contribution in [2.45, 2.75) is 221 Å². The van der Waals surface area contributed by atoms with Crippen LogP contribution in [0.2, 0.25) is 0 Å². The molecule has 0 unspecified atom stereocenters. The van der Waals surface area contributed by atoms with Crippen molar-refractivity contribution in [2.75, 3.05) is 0 Å². The Labute approximate surface area is 305 Å². The summed E-state index contributed by atoms with van der Waals surface area (Å²) in [5.41, 5.74) is 2.53. The number of allylic oxidation sites excluding steroid dienone is 3. The Balaban J connectivity index is 1.08. The molecule has 3 fully saturated rings. The molecule has 0 spiro atoms. The molecule has 4 aliphatic rings. The normalized spacial score (nSPS) is 31.7. The fraction of sp³-hybridized carbons (Fsp3) is 0.894. The lowest BCUT2D eigenvalue weighted by atomic mass is 9.47. The summed E-state index contributed by atoms with van der Waals surface area (Å²) in [5, 5.41) is 0. The highest BCUT2D eigenvalue weighted by molar-refractivity contribution is 5.69. The molecule has 0 N–H and O–H groups in total. The van der Waals surface area contributed by atoms with Crippen LogP contribution in [-0.4, -0.2) is 12.1 Å². The van der Waals surface area contributed by atoms with Crippen molar-refractivity contribution >= 4 is 5.97 Å². The number of hydrogen-bond donors (Lipinski definition) is 0. The Morgan fingerprint density at radius 1 is 0.776 bits per heavy atom. The molecule has 0 heterocycles. The summed E-state index contributed by atoms with van der Waals surface area (Å²) in [6.45, 7) is 14.9. The van der Waals surface area contributed by atoms with Gasteiger partial charge in [0.2, 0.25) is 0 Å². The Morgan fingerprint density at radius 2 is 1.43 bits per heavy atom. The molecule has 0 aromatic carbocycles. The van der Waals surface area contributed by atoms with E-state index in [0.717, 1.165) is 54.8 Å². The molecule has 282 valence electrons. The zero-order valence-corrected chi connectivity index (χ0v) is 33.7. The number of rotatable bonds is 23. The van der Waals surface area contributed by atoms with Crippen molar-refractivity contribution in [1.29, 1.82) is 0 Å². The zero-order chi connectivity index (χ0) is 35.1. The van der Waals surface area contributed by atoms with Gasteiger partial charge in [0.05, 0.1) is 0 Å². The van der Waals surface area contributed by atoms with E-state index in [4.69, 9.17) is 4.74 Å². The topological polar surface area (TPSA) is 26.3 Å². The van der Waals surface area contributed by atoms with E-state index in [0.29, 0.717) is 17.3 Å². The first-order valence-corrected chi connectivity index (χ1v) is 22.2. The lowest BCUT2D eigenvalue weighted by Gasteiger charge is -2.58. The van der Waals surface area contributed by atoms with Crippen LogP contribution in [0.1, 0.15) is 215 Å². The maximum absolute atomic E-state index is 12.8. The molecule has 0 saturated heterocycles. The Bertz CT molecular complexity index is 1010. The molecule has 3 saturated carbocycles. The van der Waals surface area contributed by atoms with Crippen molar-refractivity contribution in [1.82, 2.24) is 0 Å². The minimum atomic E-state index is 0.0589. The first-order chi connectivity index (χ1) is 23.7. The molecule has 0 aromatic rings. The first-order valence-electron chi connectivity index (χ1n) is 22.2. The van der Waals surface area contributed by atoms with Gasteiger partial charge in [0.1, 0.15) is 6.10 Å². The van der Waals surface area contributed by atoms with Gasteiger partial charge in [-0.1, -0.05) is 149 Å². The molecule has 0 radical (unpaired) electrons. The van der Waals surface area contributed by atoms with Gasteiger partial charge < -0.3 is 4.74 Å². The Kier molecular flexibility index (Phi) is 17.3. The fourth-order valence-electron chi connectivity index (χ4n) is 11.7. The average molecular weight is 679 g/mol. The summed E-state index contributed by atoms with van der Waals surface area (Å²) < 4.78 is 6.14. The minimum Gasteiger partial charge on any atom is -0.462 e. The quantitative estimate of drug-likeness (QED) is 0.0611. The number of ether oxygens (including phenoxy) is 1. The number of unbranched alkanes of at least 4 members (excludes halogenated alkanes) is 13. The Morgan fingerprint density at radius 3 is 2.10 bits per heavy atom. The van der Waals surface area contributed by atoms with Gasteiger partial charge >= 0.3 is 5.97 Å². The van der Waals surface area contributed by atoms with E-state index in [-0.39, 0.29) is 12.1 Å². The van der Waals surface area contributed by atoms with Gasteiger partial charge in [-0.05, 0) is 123 Å². The third-order valence-corrected chi connectivity index (χ3v) is 14.7. The summed E-state index contributed by atoms with van der Waals surface area (Å²) in [6.07, 6.45) is 42.4. The van der Waals surface area contributed by atoms with E-state index < -0.39 is 0 Å². The van der Waals surface area contributed by atoms with Crippen molar-refractivity contribution in [3.05, 3.63) is 23.8 Å². The molecule has 8 atom stereocenters. The monoisotopic (exact) mass is 679 g/mol. The molecule has 0 amide bonds. The van der Waals surface area contributed by atoms with Gasteiger partial charge in [0.25, 0.3) is 0 Å². The van der Waals surface area contributed by atoms with E-state index >= 15 is 0 Å². The molecule has 0 bridgehead atoms. The standard InChI is InChI=1S/C47H82O2/c1-7-8-9-10-11-12-13-14-15-16-17-18-19-20-21-22-23-27-45(48)49-40-32-34-46(5)39(36-40)28-29-41-43-31-30-42(38(4)26-24-25-37(2)3)47(43,6)35-33-44(41)46/h14-15,28,37-38,40-44H,7-13,16-27,29-36H2,1-6H3/b15-14+/t38-,40+,41+,42-,43+,44+,46+,47-/m1/s1. The number of carbonyl (C=O) groups is 1. The molecule has 2 heteroatoms. The SMILES string of the molecule is CCCCCCCC/C=C/CCCCCCCCCC(=O)O[C@H]1CC[C@@]2(C)C(=CC[C@H]3[C@@H]4CC[C@H]([C@H](C)CCCC(C)C)[C@@]4(C)CC[C@@H]32)C1. The van der Waals surface area contributed by atoms with Crippen LogP contribution >= 0.6 is 0 Å². The Hall–Kier alpha value is -1.05. The summed E-state index contributed by atoms with van der Waals surface area (Å²) >= 11 is 0. The highest BCUT2D eigenvalue weighted by Crippen LogP contribution is 2.67. The van der Waals surface area contributed by atoms with Crippen molar-refractivity contribution in [3.63, 3.8) is 0 Å². The van der Waals surface area contributed by atoms with Gasteiger partial charge in [-0.25, -0.2) is 0 Å². The summed E-state index contributed by atoms with van der Waals surface area (Å²) in [4.78, 5) is 12.8. The number of fused-ring (bicyclic) bond motifs is 5. The first kappa shape index (κ1) is 40.7. The second-order valence-corrected chi connectivity index (χ2v) is 18.7. The van der Waals surface area contributed by atoms with Gasteiger partial charge in [-0.2, -0.15) is 0 Å². The molecule has 0 aromatic heterocycles. The molecule has 2 nitrogen and oxygen atoms in total. The third kappa shape index (κ3) is 11.7. The van der Waals surface area contributed by atoms with Crippen LogP contribution in [0.3, 0.4) is 0 Å². The van der Waals surface area contributed by atoms with Gasteiger partial charge in [-0.15, -0.1) is 0 Å². The van der Waals surface area contributed by atoms with Crippen LogP contribution in [0.15, 0.2) is 23.8 Å². The van der Waals surface area contributed by atoms with E-state index in [2.05, 4.69) is 59.8 Å². The molecular formula is C47H82O2. The lowest BCUT2D eigenvalue weighted by molar-refractivity contribution is -0.151. The summed E-state index contributed by atoms with van der Waals surface area (Å²) in [7, 11) is 0. The fourth-order valence-corrected chi connectivity index (χ4v) is 11.7. The highest BCUT2D eigenvalue weighted by atomic mass is 16.5. The summed E-state index contributed by atoms with van der Waals surface area (Å²) in [5.74, 6) is 5.32. The molecule has 4 rings (SSSR count). The van der Waals surface area contributed by atoms with Crippen LogP contribution in [0.25, 0.3) is 0 Å². The van der Waals surface area contributed by atoms with Crippen LogP contribution < -0.4 is 0 Å². The second-order valence-electron chi connectivity index (χ2n) is 18.7. The molecule has 4 aliphatic carbocycles. The highest BCUT2D eigenvalue weighted by Gasteiger charge is 2.59. The van der Waals surface area contributed by atoms with Crippen LogP contribution in [0.5, 0.6) is 0 Å². The number of carbonyl (C=O) groups excluding carboxylic acids is 1. The van der Waals surface area contributed by atoms with Gasteiger partial charge in [0.15, 0.2) is 0 Å². The van der Waals surface area contributed by atoms with Gasteiger partial charge in [0, 0.05) is 12.8 Å². The molecule has 49 heavy (non-hydrogen) atoms. The van der Waals surface area contributed by atoms with E-state index in [9.17, 15) is 4.79 Å². The minimum absolute atomic E-state index is 0.0589. The van der Waals surface area contributed by atoms with Crippen molar-refractivity contribution < 1.29 is 9.53 Å². The summed E-state index contributed by atoms with van der Waals surface area (Å²) in [6, 6.07) is 0. The number of hydrogen-bond acceptors (Lipinski definition) is 2. The van der Waals surface area contributed by atoms with Crippen LogP contribution in [-0.2, 0) is 9.53 Å². The number of esters is 1. The van der Waals surface area contributed by atoms with E-state index in [1.165, 1.54) is 148 Å².